The van der Waals surface area contributed by atoms with Crippen LogP contribution in [0.5, 0.6) is 0 Å². The molecule has 3 heteroatoms. The maximum Gasteiger partial charge on any atom is 0.144 e. The number of benzene rings is 1. The smallest absolute Gasteiger partial charge is 0.144 e. The summed E-state index contributed by atoms with van der Waals surface area (Å²) in [6, 6.07) is 5.48. The van der Waals surface area contributed by atoms with Crippen LogP contribution >= 0.6 is 11.6 Å². The van der Waals surface area contributed by atoms with Crippen molar-refractivity contribution in [2.75, 3.05) is 0 Å². The quantitative estimate of drug-likeness (QED) is 0.844. The molecule has 16 heavy (non-hydrogen) atoms. The minimum atomic E-state index is -0.267. The molecule has 1 nitrogen and oxygen atoms in total. The van der Waals surface area contributed by atoms with Gasteiger partial charge in [-0.15, -0.1) is 0 Å². The molecule has 1 aliphatic carbocycles. The van der Waals surface area contributed by atoms with Crippen molar-refractivity contribution in [3.05, 3.63) is 34.6 Å². The van der Waals surface area contributed by atoms with E-state index < -0.39 is 0 Å². The molecular weight excluding hydrogens is 225 g/mol. The Morgan fingerprint density at radius 2 is 2.19 bits per heavy atom. The van der Waals surface area contributed by atoms with Crippen molar-refractivity contribution in [1.29, 1.82) is 0 Å². The maximum atomic E-state index is 13.7. The van der Waals surface area contributed by atoms with Gasteiger partial charge in [-0.3, -0.25) is 0 Å². The Morgan fingerprint density at radius 1 is 1.44 bits per heavy atom. The number of nitrogens with two attached hydrogens (primary N) is 1. The predicted molar refractivity (Wildman–Crippen MR) is 65.0 cm³/mol. The lowest BCUT2D eigenvalue weighted by Crippen LogP contribution is -2.25. The molecule has 3 unspecified atom stereocenters. The van der Waals surface area contributed by atoms with Crippen LogP contribution in [-0.4, -0.2) is 6.04 Å². The van der Waals surface area contributed by atoms with E-state index in [1.807, 2.05) is 6.07 Å². The second kappa shape index (κ2) is 4.72. The summed E-state index contributed by atoms with van der Waals surface area (Å²) in [6.45, 7) is 2.16. The Hall–Kier alpha value is -0.600. The van der Waals surface area contributed by atoms with E-state index in [2.05, 4.69) is 6.92 Å². The fourth-order valence-corrected chi connectivity index (χ4v) is 2.75. The van der Waals surface area contributed by atoms with E-state index in [4.69, 9.17) is 17.3 Å². The van der Waals surface area contributed by atoms with Gasteiger partial charge < -0.3 is 5.73 Å². The molecule has 1 aromatic rings. The molecule has 0 bridgehead atoms. The first-order valence-corrected chi connectivity index (χ1v) is 6.16. The molecule has 0 radical (unpaired) electrons. The highest BCUT2D eigenvalue weighted by atomic mass is 35.5. The van der Waals surface area contributed by atoms with Crippen molar-refractivity contribution in [1.82, 2.24) is 0 Å². The SMILES string of the molecule is CC1C(N)CCC1Cc1cccc(Cl)c1F. The van der Waals surface area contributed by atoms with Crippen LogP contribution in [0.1, 0.15) is 25.3 Å². The topological polar surface area (TPSA) is 26.0 Å². The van der Waals surface area contributed by atoms with Gasteiger partial charge in [0.15, 0.2) is 0 Å². The average Bonchev–Trinajstić information content (AvgIpc) is 2.57. The number of rotatable bonds is 2. The lowest BCUT2D eigenvalue weighted by Gasteiger charge is -2.18. The van der Waals surface area contributed by atoms with Crippen LogP contribution in [0.3, 0.4) is 0 Å². The van der Waals surface area contributed by atoms with Crippen LogP contribution in [0.15, 0.2) is 18.2 Å². The minimum Gasteiger partial charge on any atom is -0.327 e. The summed E-state index contributed by atoms with van der Waals surface area (Å²) in [6.07, 6.45) is 2.89. The minimum absolute atomic E-state index is 0.215. The predicted octanol–water partition coefficient (Wildman–Crippen LogP) is 3.40. The van der Waals surface area contributed by atoms with Crippen molar-refractivity contribution in [2.45, 2.75) is 32.2 Å². The van der Waals surface area contributed by atoms with E-state index in [0.717, 1.165) is 24.8 Å². The van der Waals surface area contributed by atoms with Gasteiger partial charge in [0.1, 0.15) is 5.82 Å². The lowest BCUT2D eigenvalue weighted by molar-refractivity contribution is 0.385. The van der Waals surface area contributed by atoms with E-state index >= 15 is 0 Å². The van der Waals surface area contributed by atoms with Gasteiger partial charge in [0, 0.05) is 6.04 Å². The molecule has 2 rings (SSSR count). The zero-order valence-corrected chi connectivity index (χ0v) is 10.2. The van der Waals surface area contributed by atoms with Crippen LogP contribution in [-0.2, 0) is 6.42 Å². The molecule has 0 spiro atoms. The first-order chi connectivity index (χ1) is 7.59. The second-order valence-corrected chi connectivity index (χ2v) is 5.18. The molecule has 1 fully saturated rings. The van der Waals surface area contributed by atoms with E-state index in [9.17, 15) is 4.39 Å². The van der Waals surface area contributed by atoms with Gasteiger partial charge in [0.2, 0.25) is 0 Å². The number of hydrogen-bond acceptors (Lipinski definition) is 1. The molecule has 2 N–H and O–H groups in total. The van der Waals surface area contributed by atoms with E-state index in [0.29, 0.717) is 11.8 Å². The summed E-state index contributed by atoms with van der Waals surface area (Å²) in [5, 5.41) is 0.215. The standard InChI is InChI=1S/C13H17ClFN/c1-8-9(5-6-12(8)16)7-10-3-2-4-11(14)13(10)15/h2-4,8-9,12H,5-7,16H2,1H3. The molecule has 0 amide bonds. The van der Waals surface area contributed by atoms with Gasteiger partial charge in [0.25, 0.3) is 0 Å². The molecular formula is C13H17ClFN. The first kappa shape index (κ1) is 11.9. The van der Waals surface area contributed by atoms with Crippen molar-refractivity contribution >= 4 is 11.6 Å². The van der Waals surface area contributed by atoms with Gasteiger partial charge >= 0.3 is 0 Å². The van der Waals surface area contributed by atoms with Gasteiger partial charge in [-0.2, -0.15) is 0 Å². The Kier molecular flexibility index (Phi) is 3.50. The van der Waals surface area contributed by atoms with Crippen LogP contribution in [0.2, 0.25) is 5.02 Å². The molecule has 1 aromatic carbocycles. The normalized spacial score (nSPS) is 29.6. The van der Waals surface area contributed by atoms with Crippen molar-refractivity contribution in [2.24, 2.45) is 17.6 Å². The second-order valence-electron chi connectivity index (χ2n) is 4.78. The highest BCUT2D eigenvalue weighted by molar-refractivity contribution is 6.30. The van der Waals surface area contributed by atoms with Crippen molar-refractivity contribution in [3.63, 3.8) is 0 Å². The summed E-state index contributed by atoms with van der Waals surface area (Å²) in [4.78, 5) is 0. The number of hydrogen-bond donors (Lipinski definition) is 1. The highest BCUT2D eigenvalue weighted by Crippen LogP contribution is 2.34. The monoisotopic (exact) mass is 241 g/mol. The highest BCUT2D eigenvalue weighted by Gasteiger charge is 2.30. The summed E-state index contributed by atoms with van der Waals surface area (Å²) in [5.74, 6) is 0.693. The fraction of sp³-hybridized carbons (Fsp3) is 0.538. The third kappa shape index (κ3) is 2.23. The molecule has 0 saturated heterocycles. The molecule has 1 saturated carbocycles. The van der Waals surface area contributed by atoms with Crippen LogP contribution in [0.25, 0.3) is 0 Å². The maximum absolute atomic E-state index is 13.7. The van der Waals surface area contributed by atoms with Gasteiger partial charge in [-0.05, 0) is 42.7 Å². The van der Waals surface area contributed by atoms with Crippen molar-refractivity contribution < 1.29 is 4.39 Å². The zero-order valence-electron chi connectivity index (χ0n) is 9.42. The summed E-state index contributed by atoms with van der Waals surface area (Å²) < 4.78 is 13.7. The zero-order chi connectivity index (χ0) is 11.7. The Bertz CT molecular complexity index is 380. The summed E-state index contributed by atoms with van der Waals surface area (Å²) in [5.41, 5.74) is 6.69. The lowest BCUT2D eigenvalue weighted by atomic mass is 9.89. The van der Waals surface area contributed by atoms with E-state index in [1.54, 1.807) is 12.1 Å². The largest absolute Gasteiger partial charge is 0.327 e. The fourth-order valence-electron chi connectivity index (χ4n) is 2.56. The van der Waals surface area contributed by atoms with Crippen LogP contribution < -0.4 is 5.73 Å². The van der Waals surface area contributed by atoms with E-state index in [1.165, 1.54) is 0 Å². The van der Waals surface area contributed by atoms with Gasteiger partial charge in [-0.1, -0.05) is 30.7 Å². The Labute approximate surface area is 101 Å². The Morgan fingerprint density at radius 3 is 2.81 bits per heavy atom. The summed E-state index contributed by atoms with van der Waals surface area (Å²) >= 11 is 5.76. The molecule has 3 atom stereocenters. The third-order valence-electron chi connectivity index (χ3n) is 3.80. The van der Waals surface area contributed by atoms with Crippen molar-refractivity contribution in [3.8, 4) is 0 Å². The van der Waals surface area contributed by atoms with Crippen LogP contribution in [0, 0.1) is 17.7 Å². The average molecular weight is 242 g/mol. The first-order valence-electron chi connectivity index (χ1n) is 5.78. The summed E-state index contributed by atoms with van der Waals surface area (Å²) in [7, 11) is 0. The molecule has 0 heterocycles. The van der Waals surface area contributed by atoms with Gasteiger partial charge in [0.05, 0.1) is 5.02 Å². The number of halogens is 2. The molecule has 88 valence electrons. The van der Waals surface area contributed by atoms with E-state index in [-0.39, 0.29) is 16.9 Å². The Balaban J connectivity index is 2.12. The third-order valence-corrected chi connectivity index (χ3v) is 4.10. The molecule has 1 aliphatic rings. The van der Waals surface area contributed by atoms with Crippen LogP contribution in [0.4, 0.5) is 4.39 Å². The molecule has 0 aliphatic heterocycles. The molecule has 0 aromatic heterocycles. The van der Waals surface area contributed by atoms with Gasteiger partial charge in [-0.25, -0.2) is 4.39 Å².